The number of anilines is 1. The number of halogens is 3. The predicted molar refractivity (Wildman–Crippen MR) is 186 cm³/mol. The normalized spacial score (nSPS) is 14.9. The molecule has 46 heavy (non-hydrogen) atoms. The summed E-state index contributed by atoms with van der Waals surface area (Å²) in [4.78, 5) is 2.44. The van der Waals surface area contributed by atoms with Gasteiger partial charge >= 0.3 is 0 Å². The highest BCUT2D eigenvalue weighted by molar-refractivity contribution is 6.33. The van der Waals surface area contributed by atoms with Crippen LogP contribution in [0.15, 0.2) is 91.0 Å². The Morgan fingerprint density at radius 3 is 2.20 bits per heavy atom. The van der Waals surface area contributed by atoms with Crippen molar-refractivity contribution in [1.29, 1.82) is 10.5 Å². The van der Waals surface area contributed by atoms with Gasteiger partial charge in [0.1, 0.15) is 0 Å². The Kier molecular flexibility index (Phi) is 14.2. The lowest BCUT2D eigenvalue weighted by Crippen LogP contribution is -2.34. The predicted octanol–water partition coefficient (Wildman–Crippen LogP) is 9.03. The lowest BCUT2D eigenvalue weighted by atomic mass is 9.91. The van der Waals surface area contributed by atoms with Gasteiger partial charge in [0, 0.05) is 42.2 Å². The molecule has 1 heterocycles. The summed E-state index contributed by atoms with van der Waals surface area (Å²) >= 11 is 18.4. The van der Waals surface area contributed by atoms with Crippen LogP contribution < -0.4 is 5.73 Å². The molecule has 4 aromatic carbocycles. The number of nitrogens with zero attached hydrogens (tertiary/aromatic N) is 3. The molecule has 4 aromatic rings. The van der Waals surface area contributed by atoms with Crippen molar-refractivity contribution in [3.63, 3.8) is 0 Å². The molecule has 2 N–H and O–H groups in total. The molecule has 1 unspecified atom stereocenters. The van der Waals surface area contributed by atoms with E-state index in [4.69, 9.17) is 55.3 Å². The van der Waals surface area contributed by atoms with Gasteiger partial charge in [0.25, 0.3) is 0 Å². The van der Waals surface area contributed by atoms with Gasteiger partial charge in [0.15, 0.2) is 6.29 Å². The molecular formula is C37H37Cl3N4O2. The quantitative estimate of drug-likeness (QED) is 0.159. The van der Waals surface area contributed by atoms with Gasteiger partial charge in [-0.3, -0.25) is 4.90 Å². The molecule has 0 radical (unpaired) electrons. The van der Waals surface area contributed by atoms with Gasteiger partial charge in [0.05, 0.1) is 40.6 Å². The van der Waals surface area contributed by atoms with Crippen molar-refractivity contribution >= 4 is 40.5 Å². The van der Waals surface area contributed by atoms with Crippen LogP contribution >= 0.6 is 34.8 Å². The van der Waals surface area contributed by atoms with Crippen molar-refractivity contribution in [1.82, 2.24) is 4.90 Å². The Morgan fingerprint density at radius 2 is 1.57 bits per heavy atom. The second kappa shape index (κ2) is 18.5. The number of hydrogen-bond acceptors (Lipinski definition) is 6. The van der Waals surface area contributed by atoms with E-state index in [0.717, 1.165) is 62.5 Å². The van der Waals surface area contributed by atoms with E-state index in [1.807, 2.05) is 36.4 Å². The second-order valence-corrected chi connectivity index (χ2v) is 12.4. The summed E-state index contributed by atoms with van der Waals surface area (Å²) in [7, 11) is 0. The lowest BCUT2D eigenvalue weighted by molar-refractivity contribution is -0.164. The van der Waals surface area contributed by atoms with Crippen LogP contribution in [0, 0.1) is 22.7 Å². The summed E-state index contributed by atoms with van der Waals surface area (Å²) in [6.07, 6.45) is 3.89. The van der Waals surface area contributed by atoms with Crippen LogP contribution in [0.2, 0.25) is 15.1 Å². The van der Waals surface area contributed by atoms with E-state index in [1.54, 1.807) is 18.2 Å². The monoisotopic (exact) mass is 674 g/mol. The number of ether oxygens (including phenoxy) is 2. The van der Waals surface area contributed by atoms with E-state index in [0.29, 0.717) is 33.5 Å². The molecule has 238 valence electrons. The van der Waals surface area contributed by atoms with E-state index in [9.17, 15) is 5.26 Å². The van der Waals surface area contributed by atoms with Gasteiger partial charge in [-0.1, -0.05) is 83.3 Å². The average molecular weight is 676 g/mol. The van der Waals surface area contributed by atoms with Crippen LogP contribution in [0.3, 0.4) is 0 Å². The first-order valence-electron chi connectivity index (χ1n) is 15.2. The molecule has 1 fully saturated rings. The van der Waals surface area contributed by atoms with Crippen LogP contribution in [0.4, 0.5) is 5.69 Å². The standard InChI is InChI=1S/C30H32Cl2N2O2.C7H5ClN2/c31-28-13-11-25(12-14-28)27(19-26-10-9-24(20-33)18-29(26)32)22-34(21-23-6-2-1-3-7-23)15-17-36-30-8-4-5-16-35-30;8-6-3-5(4-9)1-2-7(6)10/h1-3,6-7,9-14,18,27,30H,4-5,8,15-17,19,21-22H2;1-3H,10H2/t27-,30?;/m0./s1. The van der Waals surface area contributed by atoms with Crippen molar-refractivity contribution in [3.8, 4) is 12.1 Å². The zero-order valence-corrected chi connectivity index (χ0v) is 27.8. The first kappa shape index (κ1) is 35.3. The molecule has 1 aliphatic rings. The molecule has 1 aliphatic heterocycles. The summed E-state index contributed by atoms with van der Waals surface area (Å²) in [6.45, 7) is 3.83. The summed E-state index contributed by atoms with van der Waals surface area (Å²) in [5.41, 5.74) is 10.5. The van der Waals surface area contributed by atoms with Gasteiger partial charge in [-0.2, -0.15) is 10.5 Å². The Morgan fingerprint density at radius 1 is 0.870 bits per heavy atom. The maximum Gasteiger partial charge on any atom is 0.157 e. The minimum absolute atomic E-state index is 0.0955. The maximum atomic E-state index is 9.23. The number of nitrogen functional groups attached to an aromatic ring is 1. The lowest BCUT2D eigenvalue weighted by Gasteiger charge is -2.30. The third-order valence-electron chi connectivity index (χ3n) is 7.70. The number of nitriles is 2. The minimum atomic E-state index is -0.0955. The second-order valence-electron chi connectivity index (χ2n) is 11.1. The maximum absolute atomic E-state index is 9.23. The molecule has 2 atom stereocenters. The topological polar surface area (TPSA) is 95.3 Å². The third-order valence-corrected chi connectivity index (χ3v) is 8.63. The highest BCUT2D eigenvalue weighted by Crippen LogP contribution is 2.29. The van der Waals surface area contributed by atoms with E-state index in [1.165, 1.54) is 17.2 Å². The zero-order valence-electron chi connectivity index (χ0n) is 25.5. The van der Waals surface area contributed by atoms with Crippen LogP contribution in [0.5, 0.6) is 0 Å². The molecule has 6 nitrogen and oxygen atoms in total. The highest BCUT2D eigenvalue weighted by atomic mass is 35.5. The van der Waals surface area contributed by atoms with E-state index < -0.39 is 0 Å². The van der Waals surface area contributed by atoms with Crippen molar-refractivity contribution < 1.29 is 9.47 Å². The molecule has 0 aromatic heterocycles. The minimum Gasteiger partial charge on any atom is -0.398 e. The van der Waals surface area contributed by atoms with Crippen molar-refractivity contribution in [2.24, 2.45) is 0 Å². The zero-order chi connectivity index (χ0) is 32.7. The van der Waals surface area contributed by atoms with E-state index >= 15 is 0 Å². The summed E-state index contributed by atoms with van der Waals surface area (Å²) in [5.74, 6) is 0.183. The van der Waals surface area contributed by atoms with Crippen LogP contribution in [0.25, 0.3) is 0 Å². The summed E-state index contributed by atoms with van der Waals surface area (Å²) in [5, 5.41) is 19.4. The largest absolute Gasteiger partial charge is 0.398 e. The van der Waals surface area contributed by atoms with Crippen molar-refractivity contribution in [2.75, 3.05) is 32.0 Å². The number of hydrogen-bond donors (Lipinski definition) is 1. The van der Waals surface area contributed by atoms with Gasteiger partial charge in [-0.15, -0.1) is 0 Å². The number of benzene rings is 4. The fourth-order valence-corrected chi connectivity index (χ4v) is 5.78. The van der Waals surface area contributed by atoms with Crippen LogP contribution in [-0.4, -0.2) is 37.5 Å². The van der Waals surface area contributed by atoms with E-state index in [-0.39, 0.29) is 12.2 Å². The molecule has 1 saturated heterocycles. The molecule has 0 bridgehead atoms. The first-order valence-corrected chi connectivity index (χ1v) is 16.4. The van der Waals surface area contributed by atoms with Gasteiger partial charge in [-0.05, 0) is 84.8 Å². The molecule has 0 saturated carbocycles. The molecule has 0 amide bonds. The van der Waals surface area contributed by atoms with Gasteiger partial charge in [-0.25, -0.2) is 0 Å². The molecule has 0 spiro atoms. The summed E-state index contributed by atoms with van der Waals surface area (Å²) < 4.78 is 11.8. The molecule has 5 rings (SSSR count). The van der Waals surface area contributed by atoms with Crippen LogP contribution in [0.1, 0.15) is 53.0 Å². The molecular weight excluding hydrogens is 639 g/mol. The van der Waals surface area contributed by atoms with Gasteiger partial charge in [0.2, 0.25) is 0 Å². The SMILES string of the molecule is N#Cc1ccc(C[C@@H](CN(CCOC2CCCCO2)Cc2ccccc2)c2ccc(Cl)cc2)c(Cl)c1.N#Cc1ccc(N)c(Cl)c1. The molecule has 9 heteroatoms. The average Bonchev–Trinajstić information content (AvgIpc) is 3.08. The fraction of sp³-hybridized carbons (Fsp3) is 0.297. The first-order chi connectivity index (χ1) is 22.3. The Hall–Kier alpha value is -3.59. The molecule has 0 aliphatic carbocycles. The van der Waals surface area contributed by atoms with Gasteiger partial charge < -0.3 is 15.2 Å². The Labute approximate surface area is 286 Å². The van der Waals surface area contributed by atoms with Crippen molar-refractivity contribution in [2.45, 2.75) is 44.4 Å². The summed E-state index contributed by atoms with van der Waals surface area (Å²) in [6, 6.07) is 33.0. The smallest absolute Gasteiger partial charge is 0.157 e. The number of nitrogens with two attached hydrogens (primary N) is 1. The third kappa shape index (κ3) is 11.3. The number of rotatable bonds is 11. The van der Waals surface area contributed by atoms with E-state index in [2.05, 4.69) is 47.4 Å². The Balaban J connectivity index is 0.000000409. The van der Waals surface area contributed by atoms with Crippen molar-refractivity contribution in [3.05, 3.63) is 134 Å². The Bertz CT molecular complexity index is 1610. The van der Waals surface area contributed by atoms with Crippen LogP contribution in [-0.2, 0) is 22.4 Å². The highest BCUT2D eigenvalue weighted by Gasteiger charge is 2.20. The fourth-order valence-electron chi connectivity index (χ4n) is 5.21.